The lowest BCUT2D eigenvalue weighted by atomic mass is 9.85. The normalized spacial score (nSPS) is 19.3. The van der Waals surface area contributed by atoms with Gasteiger partial charge in [0.15, 0.2) is 0 Å². The van der Waals surface area contributed by atoms with Crippen LogP contribution < -0.4 is 22.1 Å². The smallest absolute Gasteiger partial charge is 0.0569 e. The summed E-state index contributed by atoms with van der Waals surface area (Å²) in [6, 6.07) is 0. The summed E-state index contributed by atoms with van der Waals surface area (Å²) in [7, 11) is 0. The maximum absolute atomic E-state index is 5.41. The molecule has 6 N–H and O–H groups in total. The van der Waals surface area contributed by atoms with Crippen LogP contribution >= 0.6 is 0 Å². The van der Waals surface area contributed by atoms with E-state index in [9.17, 15) is 0 Å². The lowest BCUT2D eigenvalue weighted by Crippen LogP contribution is -2.56. The second-order valence-corrected chi connectivity index (χ2v) is 3.92. The number of nitrogens with one attached hydrogen (secondary N) is 2. The third-order valence-corrected chi connectivity index (χ3v) is 2.46. The molecular formula is C9H22N4O. The van der Waals surface area contributed by atoms with E-state index in [0.717, 1.165) is 39.4 Å². The van der Waals surface area contributed by atoms with Crippen molar-refractivity contribution in [2.75, 3.05) is 52.5 Å². The molecule has 1 aliphatic heterocycles. The molecule has 1 heterocycles. The SMILES string of the molecule is NCCNCC1(CNCCN)COC1. The molecule has 1 rings (SSSR count). The molecule has 1 saturated heterocycles. The van der Waals surface area contributed by atoms with Gasteiger partial charge in [0.2, 0.25) is 0 Å². The molecule has 0 bridgehead atoms. The number of nitrogens with two attached hydrogens (primary N) is 2. The third-order valence-electron chi connectivity index (χ3n) is 2.46. The van der Waals surface area contributed by atoms with Crippen LogP contribution in [0.25, 0.3) is 0 Å². The van der Waals surface area contributed by atoms with Gasteiger partial charge in [-0.05, 0) is 0 Å². The molecule has 0 saturated carbocycles. The second kappa shape index (κ2) is 6.31. The quantitative estimate of drug-likeness (QED) is 0.345. The highest BCUT2D eigenvalue weighted by atomic mass is 16.5. The standard InChI is InChI=1S/C9H22N4O/c10-1-3-12-5-9(7-14-8-9)6-13-4-2-11/h12-13H,1-8,10-11H2. The van der Waals surface area contributed by atoms with E-state index in [1.54, 1.807) is 0 Å². The number of rotatable bonds is 8. The van der Waals surface area contributed by atoms with E-state index in [2.05, 4.69) is 10.6 Å². The maximum atomic E-state index is 5.41. The fourth-order valence-corrected chi connectivity index (χ4v) is 1.57. The molecule has 14 heavy (non-hydrogen) atoms. The Bertz CT molecular complexity index is 138. The number of hydrogen-bond donors (Lipinski definition) is 4. The van der Waals surface area contributed by atoms with Crippen molar-refractivity contribution in [3.05, 3.63) is 0 Å². The molecule has 0 amide bonds. The van der Waals surface area contributed by atoms with Crippen molar-refractivity contribution in [1.82, 2.24) is 10.6 Å². The Labute approximate surface area is 85.5 Å². The molecule has 5 nitrogen and oxygen atoms in total. The van der Waals surface area contributed by atoms with Gasteiger partial charge in [-0.15, -0.1) is 0 Å². The molecule has 0 unspecified atom stereocenters. The van der Waals surface area contributed by atoms with Crippen molar-refractivity contribution in [2.24, 2.45) is 16.9 Å². The van der Waals surface area contributed by atoms with E-state index in [4.69, 9.17) is 16.2 Å². The Balaban J connectivity index is 2.13. The Hall–Kier alpha value is -0.200. The Kier molecular flexibility index (Phi) is 5.36. The van der Waals surface area contributed by atoms with Gasteiger partial charge >= 0.3 is 0 Å². The van der Waals surface area contributed by atoms with Crippen molar-refractivity contribution in [1.29, 1.82) is 0 Å². The highest BCUT2D eigenvalue weighted by Crippen LogP contribution is 2.25. The fourth-order valence-electron chi connectivity index (χ4n) is 1.57. The molecule has 0 aromatic rings. The first-order valence-electron chi connectivity index (χ1n) is 5.22. The summed E-state index contributed by atoms with van der Waals surface area (Å²) in [5.74, 6) is 0. The zero-order valence-electron chi connectivity index (χ0n) is 8.72. The zero-order chi connectivity index (χ0) is 10.3. The van der Waals surface area contributed by atoms with Crippen molar-refractivity contribution in [3.8, 4) is 0 Å². The fraction of sp³-hybridized carbons (Fsp3) is 1.00. The van der Waals surface area contributed by atoms with E-state index in [0.29, 0.717) is 13.1 Å². The van der Waals surface area contributed by atoms with Crippen LogP contribution in [0.15, 0.2) is 0 Å². The predicted octanol–water partition coefficient (Wildman–Crippen LogP) is -1.90. The molecule has 0 spiro atoms. The summed E-state index contributed by atoms with van der Waals surface area (Å²) >= 11 is 0. The van der Waals surface area contributed by atoms with Gasteiger partial charge in [0.25, 0.3) is 0 Å². The van der Waals surface area contributed by atoms with Gasteiger partial charge in [-0.25, -0.2) is 0 Å². The van der Waals surface area contributed by atoms with Crippen LogP contribution in [0.5, 0.6) is 0 Å². The van der Waals surface area contributed by atoms with Gasteiger partial charge in [-0.3, -0.25) is 0 Å². The molecule has 0 radical (unpaired) electrons. The van der Waals surface area contributed by atoms with Crippen LogP contribution in [-0.2, 0) is 4.74 Å². The van der Waals surface area contributed by atoms with Gasteiger partial charge in [0.05, 0.1) is 13.2 Å². The van der Waals surface area contributed by atoms with Crippen LogP contribution in [-0.4, -0.2) is 52.5 Å². The van der Waals surface area contributed by atoms with Gasteiger partial charge in [0, 0.05) is 44.7 Å². The maximum Gasteiger partial charge on any atom is 0.0569 e. The van der Waals surface area contributed by atoms with Gasteiger partial charge in [0.1, 0.15) is 0 Å². The predicted molar refractivity (Wildman–Crippen MR) is 57.1 cm³/mol. The van der Waals surface area contributed by atoms with E-state index < -0.39 is 0 Å². The van der Waals surface area contributed by atoms with Gasteiger partial charge in [-0.1, -0.05) is 0 Å². The monoisotopic (exact) mass is 202 g/mol. The van der Waals surface area contributed by atoms with Crippen molar-refractivity contribution in [2.45, 2.75) is 0 Å². The van der Waals surface area contributed by atoms with Crippen molar-refractivity contribution in [3.63, 3.8) is 0 Å². The van der Waals surface area contributed by atoms with Crippen LogP contribution in [0.2, 0.25) is 0 Å². The summed E-state index contributed by atoms with van der Waals surface area (Å²) in [4.78, 5) is 0. The molecule has 84 valence electrons. The first kappa shape index (κ1) is 11.9. The Morgan fingerprint density at radius 1 is 1.00 bits per heavy atom. The molecule has 1 aliphatic rings. The average Bonchev–Trinajstić information content (AvgIpc) is 2.13. The first-order valence-corrected chi connectivity index (χ1v) is 5.22. The summed E-state index contributed by atoms with van der Waals surface area (Å²) in [5.41, 5.74) is 11.1. The minimum absolute atomic E-state index is 0.268. The zero-order valence-corrected chi connectivity index (χ0v) is 8.72. The van der Waals surface area contributed by atoms with Crippen LogP contribution in [0.3, 0.4) is 0 Å². The highest BCUT2D eigenvalue weighted by Gasteiger charge is 2.37. The molecule has 5 heteroatoms. The van der Waals surface area contributed by atoms with Crippen LogP contribution in [0, 0.1) is 5.41 Å². The summed E-state index contributed by atoms with van der Waals surface area (Å²) in [6.45, 7) is 6.74. The van der Waals surface area contributed by atoms with E-state index in [1.165, 1.54) is 0 Å². The van der Waals surface area contributed by atoms with Crippen LogP contribution in [0.4, 0.5) is 0 Å². The topological polar surface area (TPSA) is 85.3 Å². The number of ether oxygens (including phenoxy) is 1. The minimum atomic E-state index is 0.268. The lowest BCUT2D eigenvalue weighted by Gasteiger charge is -2.42. The number of hydrogen-bond acceptors (Lipinski definition) is 5. The van der Waals surface area contributed by atoms with Crippen molar-refractivity contribution >= 4 is 0 Å². The average molecular weight is 202 g/mol. The van der Waals surface area contributed by atoms with Gasteiger partial charge < -0.3 is 26.8 Å². The van der Waals surface area contributed by atoms with E-state index in [1.807, 2.05) is 0 Å². The van der Waals surface area contributed by atoms with E-state index >= 15 is 0 Å². The molecule has 0 atom stereocenters. The lowest BCUT2D eigenvalue weighted by molar-refractivity contribution is -0.108. The molecule has 0 aliphatic carbocycles. The highest BCUT2D eigenvalue weighted by molar-refractivity contribution is 4.89. The van der Waals surface area contributed by atoms with Gasteiger partial charge in [-0.2, -0.15) is 0 Å². The molecule has 0 aromatic carbocycles. The second-order valence-electron chi connectivity index (χ2n) is 3.92. The Morgan fingerprint density at radius 2 is 1.50 bits per heavy atom. The van der Waals surface area contributed by atoms with Crippen LogP contribution in [0.1, 0.15) is 0 Å². The summed E-state index contributed by atoms with van der Waals surface area (Å²) in [6.07, 6.45) is 0. The third kappa shape index (κ3) is 3.51. The Morgan fingerprint density at radius 3 is 1.79 bits per heavy atom. The minimum Gasteiger partial charge on any atom is -0.380 e. The summed E-state index contributed by atoms with van der Waals surface area (Å²) < 4.78 is 5.26. The molecular weight excluding hydrogens is 180 g/mol. The molecule has 0 aromatic heterocycles. The van der Waals surface area contributed by atoms with Crippen molar-refractivity contribution < 1.29 is 4.74 Å². The molecule has 1 fully saturated rings. The summed E-state index contributed by atoms with van der Waals surface area (Å²) in [5, 5.41) is 6.66. The van der Waals surface area contributed by atoms with E-state index in [-0.39, 0.29) is 5.41 Å². The first-order chi connectivity index (χ1) is 6.83. The largest absolute Gasteiger partial charge is 0.380 e.